The van der Waals surface area contributed by atoms with Gasteiger partial charge in [0.15, 0.2) is 16.5 Å². The topological polar surface area (TPSA) is 57.3 Å². The lowest BCUT2D eigenvalue weighted by atomic mass is 10.0. The normalized spacial score (nSPS) is 22.1. The van der Waals surface area contributed by atoms with Gasteiger partial charge in [0, 0.05) is 42.5 Å². The van der Waals surface area contributed by atoms with Crippen LogP contribution in [0.3, 0.4) is 0 Å². The molecule has 1 unspecified atom stereocenters. The zero-order chi connectivity index (χ0) is 18.2. The van der Waals surface area contributed by atoms with Crippen molar-refractivity contribution in [2.45, 2.75) is 31.8 Å². The van der Waals surface area contributed by atoms with E-state index < -0.39 is 0 Å². The fourth-order valence-corrected chi connectivity index (χ4v) is 4.87. The molecule has 5 rings (SSSR count). The van der Waals surface area contributed by atoms with Gasteiger partial charge in [-0.1, -0.05) is 0 Å². The second-order valence-electron chi connectivity index (χ2n) is 7.18. The Hall–Kier alpha value is -2.38. The number of ether oxygens (including phenoxy) is 2. The van der Waals surface area contributed by atoms with Gasteiger partial charge >= 0.3 is 0 Å². The Morgan fingerprint density at radius 1 is 1.19 bits per heavy atom. The molecule has 4 heterocycles. The third-order valence-electron chi connectivity index (χ3n) is 5.42. The van der Waals surface area contributed by atoms with Gasteiger partial charge in [0.25, 0.3) is 5.56 Å². The Balaban J connectivity index is 1.41. The minimum atomic E-state index is 0.00183. The first-order valence-corrected chi connectivity index (χ1v) is 10.4. The first-order chi connectivity index (χ1) is 13.3. The number of hydrogen-bond donors (Lipinski definition) is 1. The number of fused-ring (bicyclic) bond motifs is 2. The van der Waals surface area contributed by atoms with Crippen LogP contribution >= 0.6 is 11.3 Å². The fourth-order valence-electron chi connectivity index (χ4n) is 4.13. The average molecular weight is 384 g/mol. The SMILES string of the molecule is O=c1cc(C[NH+]2CCC[C@@H]2c2ccc3c(c2)OCCCO3)nc2sccn12. The molecule has 1 fully saturated rings. The number of nitrogens with one attached hydrogen (secondary N) is 1. The van der Waals surface area contributed by atoms with Crippen LogP contribution in [0.4, 0.5) is 0 Å². The average Bonchev–Trinajstić information content (AvgIpc) is 3.26. The fraction of sp³-hybridized carbons (Fsp3) is 0.400. The van der Waals surface area contributed by atoms with E-state index in [1.807, 2.05) is 11.4 Å². The Bertz CT molecular complexity index is 1030. The van der Waals surface area contributed by atoms with Crippen LogP contribution in [0.1, 0.15) is 36.6 Å². The van der Waals surface area contributed by atoms with Crippen molar-refractivity contribution in [3.8, 4) is 11.5 Å². The van der Waals surface area contributed by atoms with Gasteiger partial charge in [-0.25, -0.2) is 4.98 Å². The molecule has 1 saturated heterocycles. The first kappa shape index (κ1) is 16.8. The highest BCUT2D eigenvalue weighted by Crippen LogP contribution is 2.33. The van der Waals surface area contributed by atoms with Crippen molar-refractivity contribution in [3.05, 3.63) is 57.5 Å². The Morgan fingerprint density at radius 3 is 3.00 bits per heavy atom. The third-order valence-corrected chi connectivity index (χ3v) is 6.18. The minimum absolute atomic E-state index is 0.00183. The van der Waals surface area contributed by atoms with Crippen molar-refractivity contribution < 1.29 is 14.4 Å². The van der Waals surface area contributed by atoms with E-state index in [9.17, 15) is 4.79 Å². The minimum Gasteiger partial charge on any atom is -0.490 e. The van der Waals surface area contributed by atoms with Gasteiger partial charge < -0.3 is 14.4 Å². The van der Waals surface area contributed by atoms with Crippen molar-refractivity contribution in [1.29, 1.82) is 0 Å². The van der Waals surface area contributed by atoms with Crippen LogP contribution in [0.15, 0.2) is 40.6 Å². The molecule has 6 nitrogen and oxygen atoms in total. The second kappa shape index (κ2) is 6.98. The highest BCUT2D eigenvalue weighted by molar-refractivity contribution is 7.15. The van der Waals surface area contributed by atoms with Crippen molar-refractivity contribution in [1.82, 2.24) is 9.38 Å². The number of aromatic nitrogens is 2. The largest absolute Gasteiger partial charge is 0.490 e. The summed E-state index contributed by atoms with van der Waals surface area (Å²) in [6.45, 7) is 3.26. The summed E-state index contributed by atoms with van der Waals surface area (Å²) >= 11 is 1.50. The van der Waals surface area contributed by atoms with Crippen molar-refractivity contribution in [2.24, 2.45) is 0 Å². The summed E-state index contributed by atoms with van der Waals surface area (Å²) in [5, 5.41) is 1.90. The first-order valence-electron chi connectivity index (χ1n) is 9.48. The molecule has 0 aliphatic carbocycles. The maximum absolute atomic E-state index is 12.3. The highest BCUT2D eigenvalue weighted by Gasteiger charge is 2.31. The summed E-state index contributed by atoms with van der Waals surface area (Å²) in [5.74, 6) is 1.70. The number of quaternary nitrogens is 1. The summed E-state index contributed by atoms with van der Waals surface area (Å²) < 4.78 is 13.2. The maximum atomic E-state index is 12.3. The van der Waals surface area contributed by atoms with Crippen molar-refractivity contribution in [2.75, 3.05) is 19.8 Å². The molecule has 2 aliphatic rings. The number of benzene rings is 1. The molecule has 0 amide bonds. The molecule has 7 heteroatoms. The standard InChI is InChI=1S/C20H21N3O3S/c24-19-12-15(21-20-23(19)7-10-27-20)13-22-6-1-3-16(22)14-4-5-17-18(11-14)26-9-2-8-25-17/h4-5,7,10-12,16H,1-3,6,8-9,13H2/p+1/t16-/m1/s1. The third kappa shape index (κ3) is 3.21. The van der Waals surface area contributed by atoms with E-state index >= 15 is 0 Å². The lowest BCUT2D eigenvalue weighted by molar-refractivity contribution is -0.932. The van der Waals surface area contributed by atoms with E-state index in [0.29, 0.717) is 19.3 Å². The van der Waals surface area contributed by atoms with E-state index in [-0.39, 0.29) is 5.56 Å². The molecule has 2 aromatic heterocycles. The van der Waals surface area contributed by atoms with Gasteiger partial charge in [-0.2, -0.15) is 0 Å². The van der Waals surface area contributed by atoms with E-state index in [0.717, 1.165) is 48.1 Å². The number of thiazole rings is 1. The van der Waals surface area contributed by atoms with Gasteiger partial charge in [-0.05, 0) is 18.2 Å². The second-order valence-corrected chi connectivity index (χ2v) is 8.05. The molecule has 27 heavy (non-hydrogen) atoms. The molecule has 140 valence electrons. The molecule has 2 aliphatic heterocycles. The summed E-state index contributed by atoms with van der Waals surface area (Å²) in [6.07, 6.45) is 5.00. The Morgan fingerprint density at radius 2 is 2.07 bits per heavy atom. The van der Waals surface area contributed by atoms with E-state index in [4.69, 9.17) is 9.47 Å². The van der Waals surface area contributed by atoms with Gasteiger partial charge in [0.05, 0.1) is 19.8 Å². The molecular weight excluding hydrogens is 362 g/mol. The molecule has 2 atom stereocenters. The maximum Gasteiger partial charge on any atom is 0.258 e. The molecule has 0 radical (unpaired) electrons. The van der Waals surface area contributed by atoms with Gasteiger partial charge in [0.2, 0.25) is 0 Å². The number of nitrogens with zero attached hydrogens (tertiary/aromatic N) is 2. The van der Waals surface area contributed by atoms with Crippen LogP contribution in [0.5, 0.6) is 11.5 Å². The lowest BCUT2D eigenvalue weighted by Crippen LogP contribution is -3.09. The highest BCUT2D eigenvalue weighted by atomic mass is 32.1. The summed E-state index contributed by atoms with van der Waals surface area (Å²) in [6, 6.07) is 8.41. The number of rotatable bonds is 3. The quantitative estimate of drug-likeness (QED) is 0.749. The van der Waals surface area contributed by atoms with Gasteiger partial charge in [0.1, 0.15) is 18.3 Å². The smallest absolute Gasteiger partial charge is 0.258 e. The van der Waals surface area contributed by atoms with E-state index in [2.05, 4.69) is 17.1 Å². The molecule has 0 spiro atoms. The van der Waals surface area contributed by atoms with E-state index in [1.54, 1.807) is 16.7 Å². The molecule has 1 N–H and O–H groups in total. The predicted octanol–water partition coefficient (Wildman–Crippen LogP) is 1.84. The van der Waals surface area contributed by atoms with Crippen LogP contribution in [0.25, 0.3) is 4.96 Å². The molecular formula is C20H22N3O3S+. The van der Waals surface area contributed by atoms with Crippen LogP contribution in [-0.4, -0.2) is 29.1 Å². The summed E-state index contributed by atoms with van der Waals surface area (Å²) in [7, 11) is 0. The molecule has 0 bridgehead atoms. The van der Waals surface area contributed by atoms with Crippen molar-refractivity contribution >= 4 is 16.3 Å². The monoisotopic (exact) mass is 384 g/mol. The number of likely N-dealkylation sites (tertiary alicyclic amines) is 1. The zero-order valence-corrected chi connectivity index (χ0v) is 15.8. The lowest BCUT2D eigenvalue weighted by Gasteiger charge is -2.22. The van der Waals surface area contributed by atoms with Crippen LogP contribution < -0.4 is 19.9 Å². The van der Waals surface area contributed by atoms with Crippen molar-refractivity contribution in [3.63, 3.8) is 0 Å². The predicted molar refractivity (Wildman–Crippen MR) is 103 cm³/mol. The van der Waals surface area contributed by atoms with Crippen LogP contribution in [0, 0.1) is 0 Å². The molecule has 1 aromatic carbocycles. The zero-order valence-electron chi connectivity index (χ0n) is 15.0. The van der Waals surface area contributed by atoms with Crippen LogP contribution in [-0.2, 0) is 6.54 Å². The summed E-state index contributed by atoms with van der Waals surface area (Å²) in [5.41, 5.74) is 2.15. The van der Waals surface area contributed by atoms with Crippen LogP contribution in [0.2, 0.25) is 0 Å². The summed E-state index contributed by atoms with van der Waals surface area (Å²) in [4.78, 5) is 19.2. The number of hydrogen-bond acceptors (Lipinski definition) is 5. The Labute approximate surface area is 161 Å². The molecule has 0 saturated carbocycles. The Kier molecular flexibility index (Phi) is 4.33. The molecule has 3 aromatic rings. The van der Waals surface area contributed by atoms with Gasteiger partial charge in [-0.3, -0.25) is 9.20 Å². The van der Waals surface area contributed by atoms with E-state index in [1.165, 1.54) is 28.2 Å². The van der Waals surface area contributed by atoms with Gasteiger partial charge in [-0.15, -0.1) is 11.3 Å².